The van der Waals surface area contributed by atoms with E-state index in [4.69, 9.17) is 9.52 Å². The zero-order chi connectivity index (χ0) is 13.0. The van der Waals surface area contributed by atoms with E-state index < -0.39 is 5.97 Å². The quantitative estimate of drug-likeness (QED) is 0.919. The molecule has 0 fully saturated rings. The molecule has 2 aromatic rings. The van der Waals surface area contributed by atoms with Crippen molar-refractivity contribution in [3.63, 3.8) is 0 Å². The van der Waals surface area contributed by atoms with Gasteiger partial charge in [0.2, 0.25) is 11.8 Å². The number of aryl methyl sites for hydroxylation is 1. The van der Waals surface area contributed by atoms with Gasteiger partial charge in [-0.1, -0.05) is 12.1 Å². The lowest BCUT2D eigenvalue weighted by atomic mass is 10.2. The van der Waals surface area contributed by atoms with Crippen molar-refractivity contribution in [2.24, 2.45) is 0 Å². The standard InChI is InChI=1S/C12H11BrN2O3/c13-9-5-2-1-4-8(9)12-15-14-10(18-12)6-3-7-11(16)17/h1-2,4-5H,3,6-7H2,(H,16,17). The number of benzene rings is 1. The summed E-state index contributed by atoms with van der Waals surface area (Å²) in [6.07, 6.45) is 1.07. The van der Waals surface area contributed by atoms with Crippen molar-refractivity contribution in [1.82, 2.24) is 10.2 Å². The summed E-state index contributed by atoms with van der Waals surface area (Å²) in [5.41, 5.74) is 0.828. The number of carboxylic acid groups (broad SMARTS) is 1. The molecular formula is C12H11BrN2O3. The summed E-state index contributed by atoms with van der Waals surface area (Å²) in [5, 5.41) is 16.4. The summed E-state index contributed by atoms with van der Waals surface area (Å²) in [6.45, 7) is 0. The van der Waals surface area contributed by atoms with Crippen LogP contribution in [0.25, 0.3) is 11.5 Å². The molecule has 0 aliphatic rings. The molecule has 6 heteroatoms. The van der Waals surface area contributed by atoms with Crippen LogP contribution in [0, 0.1) is 0 Å². The van der Waals surface area contributed by atoms with Gasteiger partial charge in [0.05, 0.1) is 5.56 Å². The molecule has 2 rings (SSSR count). The molecule has 1 N–H and O–H groups in total. The van der Waals surface area contributed by atoms with Gasteiger partial charge in [-0.25, -0.2) is 0 Å². The molecule has 1 aromatic carbocycles. The second kappa shape index (κ2) is 5.77. The summed E-state index contributed by atoms with van der Waals surface area (Å²) in [6, 6.07) is 7.55. The first kappa shape index (κ1) is 12.8. The van der Waals surface area contributed by atoms with Crippen molar-refractivity contribution in [2.75, 3.05) is 0 Å². The van der Waals surface area contributed by atoms with Crippen molar-refractivity contribution in [1.29, 1.82) is 0 Å². The van der Waals surface area contributed by atoms with Crippen LogP contribution >= 0.6 is 15.9 Å². The molecule has 0 atom stereocenters. The van der Waals surface area contributed by atoms with E-state index in [0.29, 0.717) is 24.6 Å². The number of aliphatic carboxylic acids is 1. The lowest BCUT2D eigenvalue weighted by Gasteiger charge is -1.97. The molecule has 0 aliphatic carbocycles. The van der Waals surface area contributed by atoms with Crippen molar-refractivity contribution >= 4 is 21.9 Å². The maximum absolute atomic E-state index is 10.4. The molecule has 0 amide bonds. The van der Waals surface area contributed by atoms with E-state index in [0.717, 1.165) is 10.0 Å². The van der Waals surface area contributed by atoms with Gasteiger partial charge in [0, 0.05) is 17.3 Å². The Morgan fingerprint density at radius 3 is 2.83 bits per heavy atom. The fraction of sp³-hybridized carbons (Fsp3) is 0.250. The smallest absolute Gasteiger partial charge is 0.303 e. The van der Waals surface area contributed by atoms with Gasteiger partial charge in [-0.05, 0) is 34.5 Å². The van der Waals surface area contributed by atoms with Gasteiger partial charge in [0.1, 0.15) is 0 Å². The van der Waals surface area contributed by atoms with E-state index in [-0.39, 0.29) is 6.42 Å². The van der Waals surface area contributed by atoms with Crippen LogP contribution in [0.15, 0.2) is 33.2 Å². The van der Waals surface area contributed by atoms with Crippen LogP contribution in [0.3, 0.4) is 0 Å². The largest absolute Gasteiger partial charge is 0.481 e. The highest BCUT2D eigenvalue weighted by Crippen LogP contribution is 2.26. The molecule has 0 unspecified atom stereocenters. The average molecular weight is 311 g/mol. The number of halogens is 1. The number of nitrogens with zero attached hydrogens (tertiary/aromatic N) is 2. The molecule has 5 nitrogen and oxygen atoms in total. The highest BCUT2D eigenvalue weighted by molar-refractivity contribution is 9.10. The Hall–Kier alpha value is -1.69. The zero-order valence-electron chi connectivity index (χ0n) is 9.47. The molecule has 1 heterocycles. The summed E-state index contributed by atoms with van der Waals surface area (Å²) in [4.78, 5) is 10.4. The number of hydrogen-bond donors (Lipinski definition) is 1. The third-order valence-corrected chi connectivity index (χ3v) is 3.04. The van der Waals surface area contributed by atoms with Crippen molar-refractivity contribution in [2.45, 2.75) is 19.3 Å². The first-order valence-corrected chi connectivity index (χ1v) is 6.25. The number of rotatable bonds is 5. The number of carboxylic acids is 1. The van der Waals surface area contributed by atoms with Crippen molar-refractivity contribution in [3.8, 4) is 11.5 Å². The van der Waals surface area contributed by atoms with Crippen LogP contribution < -0.4 is 0 Å². The highest BCUT2D eigenvalue weighted by atomic mass is 79.9. The number of hydrogen-bond acceptors (Lipinski definition) is 4. The fourth-order valence-corrected chi connectivity index (χ4v) is 1.94. The molecule has 0 saturated carbocycles. The Balaban J connectivity index is 2.06. The van der Waals surface area contributed by atoms with Crippen LogP contribution in [0.1, 0.15) is 18.7 Å². The van der Waals surface area contributed by atoms with E-state index in [1.54, 1.807) is 0 Å². The summed E-state index contributed by atoms with van der Waals surface area (Å²) in [7, 11) is 0. The lowest BCUT2D eigenvalue weighted by molar-refractivity contribution is -0.137. The van der Waals surface area contributed by atoms with Gasteiger partial charge < -0.3 is 9.52 Å². The van der Waals surface area contributed by atoms with Crippen molar-refractivity contribution in [3.05, 3.63) is 34.6 Å². The Bertz CT molecular complexity index is 554. The third kappa shape index (κ3) is 3.16. The van der Waals surface area contributed by atoms with E-state index in [9.17, 15) is 4.79 Å². The Morgan fingerprint density at radius 2 is 2.11 bits per heavy atom. The predicted molar refractivity (Wildman–Crippen MR) is 68.0 cm³/mol. The molecule has 94 valence electrons. The maximum atomic E-state index is 10.4. The predicted octanol–water partition coefficient (Wildman–Crippen LogP) is 2.91. The molecule has 18 heavy (non-hydrogen) atoms. The van der Waals surface area contributed by atoms with Crippen LogP contribution in [-0.4, -0.2) is 21.3 Å². The van der Waals surface area contributed by atoms with Gasteiger partial charge in [-0.3, -0.25) is 4.79 Å². The molecule has 0 spiro atoms. The van der Waals surface area contributed by atoms with Crippen LogP contribution in [0.2, 0.25) is 0 Å². The normalized spacial score (nSPS) is 10.5. The van der Waals surface area contributed by atoms with Gasteiger partial charge in [0.15, 0.2) is 0 Å². The monoisotopic (exact) mass is 310 g/mol. The average Bonchev–Trinajstić information content (AvgIpc) is 2.78. The minimum atomic E-state index is -0.819. The van der Waals surface area contributed by atoms with E-state index in [2.05, 4.69) is 26.1 Å². The number of aromatic nitrogens is 2. The van der Waals surface area contributed by atoms with Gasteiger partial charge in [-0.2, -0.15) is 0 Å². The Kier molecular flexibility index (Phi) is 4.09. The highest BCUT2D eigenvalue weighted by Gasteiger charge is 2.11. The molecule has 0 radical (unpaired) electrons. The second-order valence-corrected chi connectivity index (χ2v) is 4.58. The summed E-state index contributed by atoms with van der Waals surface area (Å²) >= 11 is 3.41. The second-order valence-electron chi connectivity index (χ2n) is 3.73. The molecular weight excluding hydrogens is 300 g/mol. The summed E-state index contributed by atoms with van der Waals surface area (Å²) in [5.74, 6) is 0.0790. The Labute approximate surface area is 112 Å². The fourth-order valence-electron chi connectivity index (χ4n) is 1.49. The topological polar surface area (TPSA) is 76.2 Å². The van der Waals surface area contributed by atoms with Crippen LogP contribution in [0.5, 0.6) is 0 Å². The van der Waals surface area contributed by atoms with E-state index in [1.807, 2.05) is 24.3 Å². The Morgan fingerprint density at radius 1 is 1.33 bits per heavy atom. The first-order valence-electron chi connectivity index (χ1n) is 5.46. The van der Waals surface area contributed by atoms with E-state index in [1.165, 1.54) is 0 Å². The minimum Gasteiger partial charge on any atom is -0.481 e. The van der Waals surface area contributed by atoms with Crippen LogP contribution in [0.4, 0.5) is 0 Å². The molecule has 0 aliphatic heterocycles. The molecule has 0 bridgehead atoms. The first-order chi connectivity index (χ1) is 8.66. The third-order valence-electron chi connectivity index (χ3n) is 2.35. The zero-order valence-corrected chi connectivity index (χ0v) is 11.1. The minimum absolute atomic E-state index is 0.104. The van der Waals surface area contributed by atoms with E-state index >= 15 is 0 Å². The van der Waals surface area contributed by atoms with Gasteiger partial charge in [0.25, 0.3) is 0 Å². The van der Waals surface area contributed by atoms with Gasteiger partial charge in [-0.15, -0.1) is 10.2 Å². The van der Waals surface area contributed by atoms with Gasteiger partial charge >= 0.3 is 5.97 Å². The molecule has 1 aromatic heterocycles. The summed E-state index contributed by atoms with van der Waals surface area (Å²) < 4.78 is 6.37. The SMILES string of the molecule is O=C(O)CCCc1nnc(-c2ccccc2Br)o1. The lowest BCUT2D eigenvalue weighted by Crippen LogP contribution is -1.95. The van der Waals surface area contributed by atoms with Crippen LogP contribution in [-0.2, 0) is 11.2 Å². The number of carbonyl (C=O) groups is 1. The van der Waals surface area contributed by atoms with Crippen molar-refractivity contribution < 1.29 is 14.3 Å². The molecule has 0 saturated heterocycles. The maximum Gasteiger partial charge on any atom is 0.303 e.